The van der Waals surface area contributed by atoms with Crippen LogP contribution >= 0.6 is 0 Å². The van der Waals surface area contributed by atoms with Crippen LogP contribution in [0.15, 0.2) is 41.7 Å². The predicted octanol–water partition coefficient (Wildman–Crippen LogP) is 2.85. The first-order valence-corrected chi connectivity index (χ1v) is 7.80. The first kappa shape index (κ1) is 14.6. The number of hydrogen-bond donors (Lipinski definition) is 2. The summed E-state index contributed by atoms with van der Waals surface area (Å²) in [5.41, 5.74) is 12.4. The van der Waals surface area contributed by atoms with Gasteiger partial charge < -0.3 is 11.1 Å². The number of hydrogen-bond acceptors (Lipinski definition) is 2. The molecule has 0 aliphatic heterocycles. The number of rotatable bonds is 4. The molecule has 4 nitrogen and oxygen atoms in total. The molecule has 3 rings (SSSR count). The predicted molar refractivity (Wildman–Crippen MR) is 91.3 cm³/mol. The van der Waals surface area contributed by atoms with E-state index in [1.54, 1.807) is 0 Å². The molecule has 0 saturated carbocycles. The summed E-state index contributed by atoms with van der Waals surface area (Å²) < 4.78 is 0. The summed E-state index contributed by atoms with van der Waals surface area (Å²) >= 11 is 0. The number of nitrogens with one attached hydrogen (secondary N) is 1. The van der Waals surface area contributed by atoms with E-state index in [2.05, 4.69) is 40.4 Å². The quantitative estimate of drug-likeness (QED) is 0.673. The number of aromatic nitrogens is 1. The number of anilines is 1. The number of aryl methyl sites for hydroxylation is 3. The van der Waals surface area contributed by atoms with Gasteiger partial charge in [0.25, 0.3) is 0 Å². The lowest BCUT2D eigenvalue weighted by Crippen LogP contribution is -2.23. The SMILES string of the molecule is Cc1cnccc1CCN=C(N)Nc1ccc2c(c1)CCC2. The maximum Gasteiger partial charge on any atom is 0.193 e. The van der Waals surface area contributed by atoms with E-state index in [4.69, 9.17) is 5.73 Å². The molecule has 1 aliphatic rings. The number of nitrogens with two attached hydrogens (primary N) is 1. The molecule has 1 aliphatic carbocycles. The largest absolute Gasteiger partial charge is 0.370 e. The maximum atomic E-state index is 5.98. The van der Waals surface area contributed by atoms with Gasteiger partial charge in [-0.15, -0.1) is 0 Å². The summed E-state index contributed by atoms with van der Waals surface area (Å²) in [7, 11) is 0. The van der Waals surface area contributed by atoms with Gasteiger partial charge in [0.05, 0.1) is 0 Å². The Morgan fingerprint density at radius 3 is 3.00 bits per heavy atom. The molecular weight excluding hydrogens is 272 g/mol. The van der Waals surface area contributed by atoms with E-state index >= 15 is 0 Å². The van der Waals surface area contributed by atoms with Crippen molar-refractivity contribution in [3.8, 4) is 0 Å². The average Bonchev–Trinajstić information content (AvgIpc) is 2.97. The Kier molecular flexibility index (Phi) is 4.37. The third-order valence-corrected chi connectivity index (χ3v) is 4.17. The fourth-order valence-electron chi connectivity index (χ4n) is 2.92. The van der Waals surface area contributed by atoms with Crippen LogP contribution in [-0.2, 0) is 19.3 Å². The van der Waals surface area contributed by atoms with Crippen molar-refractivity contribution in [3.63, 3.8) is 0 Å². The highest BCUT2D eigenvalue weighted by Gasteiger charge is 2.10. The van der Waals surface area contributed by atoms with Crippen molar-refractivity contribution in [2.24, 2.45) is 10.7 Å². The van der Waals surface area contributed by atoms with Crippen molar-refractivity contribution in [1.82, 2.24) is 4.98 Å². The maximum absolute atomic E-state index is 5.98. The van der Waals surface area contributed by atoms with Crippen LogP contribution in [0.3, 0.4) is 0 Å². The molecular formula is C18H22N4. The summed E-state index contributed by atoms with van der Waals surface area (Å²) in [5, 5.41) is 3.19. The molecule has 0 saturated heterocycles. The number of guanidine groups is 1. The van der Waals surface area contributed by atoms with Crippen molar-refractivity contribution in [3.05, 3.63) is 58.9 Å². The standard InChI is InChI=1S/C18H22N4/c1-13-12-20-9-7-14(13)8-10-21-18(19)22-17-6-5-15-3-2-4-16(15)11-17/h5-7,9,11-12H,2-4,8,10H2,1H3,(H3,19,21,22). The molecule has 0 atom stereocenters. The van der Waals surface area contributed by atoms with Gasteiger partial charge in [-0.25, -0.2) is 0 Å². The highest BCUT2D eigenvalue weighted by Crippen LogP contribution is 2.24. The Balaban J connectivity index is 1.57. The van der Waals surface area contributed by atoms with Gasteiger partial charge in [-0.05, 0) is 73.1 Å². The van der Waals surface area contributed by atoms with Crippen LogP contribution in [0.25, 0.3) is 0 Å². The van der Waals surface area contributed by atoms with Crippen molar-refractivity contribution in [2.75, 3.05) is 11.9 Å². The molecule has 1 aromatic heterocycles. The number of aliphatic imine (C=N–C) groups is 1. The summed E-state index contributed by atoms with van der Waals surface area (Å²) in [6.07, 6.45) is 8.20. The normalized spacial score (nSPS) is 14.0. The van der Waals surface area contributed by atoms with E-state index in [0.717, 1.165) is 12.1 Å². The average molecular weight is 294 g/mol. The van der Waals surface area contributed by atoms with Gasteiger partial charge >= 0.3 is 0 Å². The minimum atomic E-state index is 0.477. The minimum Gasteiger partial charge on any atom is -0.370 e. The van der Waals surface area contributed by atoms with Crippen LogP contribution in [-0.4, -0.2) is 17.5 Å². The second-order valence-electron chi connectivity index (χ2n) is 5.78. The Hall–Kier alpha value is -2.36. The van der Waals surface area contributed by atoms with Gasteiger partial charge in [0.2, 0.25) is 0 Å². The zero-order valence-electron chi connectivity index (χ0n) is 13.0. The lowest BCUT2D eigenvalue weighted by Gasteiger charge is -2.08. The first-order chi connectivity index (χ1) is 10.7. The number of benzene rings is 1. The highest BCUT2D eigenvalue weighted by atomic mass is 15.1. The van der Waals surface area contributed by atoms with Gasteiger partial charge in [-0.2, -0.15) is 0 Å². The van der Waals surface area contributed by atoms with Gasteiger partial charge in [-0.1, -0.05) is 6.07 Å². The van der Waals surface area contributed by atoms with Crippen molar-refractivity contribution >= 4 is 11.6 Å². The zero-order chi connectivity index (χ0) is 15.4. The van der Waals surface area contributed by atoms with Crippen LogP contribution in [0.5, 0.6) is 0 Å². The smallest absolute Gasteiger partial charge is 0.193 e. The van der Waals surface area contributed by atoms with Gasteiger partial charge in [-0.3, -0.25) is 9.98 Å². The van der Waals surface area contributed by atoms with Crippen molar-refractivity contribution < 1.29 is 0 Å². The summed E-state index contributed by atoms with van der Waals surface area (Å²) in [4.78, 5) is 8.51. The fraction of sp³-hybridized carbons (Fsp3) is 0.333. The Labute approximate surface area is 131 Å². The van der Waals surface area contributed by atoms with E-state index in [9.17, 15) is 0 Å². The lowest BCUT2D eigenvalue weighted by molar-refractivity contribution is 0.912. The van der Waals surface area contributed by atoms with Crippen LogP contribution in [0, 0.1) is 6.92 Å². The Morgan fingerprint density at radius 2 is 2.14 bits per heavy atom. The van der Waals surface area contributed by atoms with Crippen LogP contribution in [0.1, 0.15) is 28.7 Å². The molecule has 114 valence electrons. The summed E-state index contributed by atoms with van der Waals surface area (Å²) in [6.45, 7) is 2.74. The molecule has 0 spiro atoms. The molecule has 3 N–H and O–H groups in total. The molecule has 0 radical (unpaired) electrons. The molecule has 1 heterocycles. The van der Waals surface area contributed by atoms with E-state index in [-0.39, 0.29) is 0 Å². The summed E-state index contributed by atoms with van der Waals surface area (Å²) in [5.74, 6) is 0.477. The van der Waals surface area contributed by atoms with Gasteiger partial charge in [0.15, 0.2) is 5.96 Å². The molecule has 0 unspecified atom stereocenters. The topological polar surface area (TPSA) is 63.3 Å². The molecule has 4 heteroatoms. The van der Waals surface area contributed by atoms with E-state index in [1.165, 1.54) is 41.5 Å². The molecule has 0 bridgehead atoms. The first-order valence-electron chi connectivity index (χ1n) is 7.80. The monoisotopic (exact) mass is 294 g/mol. The van der Waals surface area contributed by atoms with E-state index < -0.39 is 0 Å². The minimum absolute atomic E-state index is 0.477. The van der Waals surface area contributed by atoms with Crippen molar-refractivity contribution in [2.45, 2.75) is 32.6 Å². The second kappa shape index (κ2) is 6.60. The lowest BCUT2D eigenvalue weighted by atomic mass is 10.1. The number of pyridine rings is 1. The van der Waals surface area contributed by atoms with E-state index in [0.29, 0.717) is 12.5 Å². The third-order valence-electron chi connectivity index (χ3n) is 4.17. The highest BCUT2D eigenvalue weighted by molar-refractivity contribution is 5.92. The number of fused-ring (bicyclic) bond motifs is 1. The molecule has 2 aromatic rings. The van der Waals surface area contributed by atoms with Crippen LogP contribution < -0.4 is 11.1 Å². The van der Waals surface area contributed by atoms with Crippen molar-refractivity contribution in [1.29, 1.82) is 0 Å². The Bertz CT molecular complexity index is 691. The van der Waals surface area contributed by atoms with Crippen LogP contribution in [0.2, 0.25) is 0 Å². The van der Waals surface area contributed by atoms with Gasteiger partial charge in [0, 0.05) is 24.6 Å². The van der Waals surface area contributed by atoms with Crippen LogP contribution in [0.4, 0.5) is 5.69 Å². The molecule has 22 heavy (non-hydrogen) atoms. The summed E-state index contributed by atoms with van der Waals surface area (Å²) in [6, 6.07) is 8.50. The molecule has 0 fully saturated rings. The zero-order valence-corrected chi connectivity index (χ0v) is 13.0. The third kappa shape index (κ3) is 3.45. The van der Waals surface area contributed by atoms with Gasteiger partial charge in [0.1, 0.15) is 0 Å². The Morgan fingerprint density at radius 1 is 1.27 bits per heavy atom. The molecule has 0 amide bonds. The fourth-order valence-corrected chi connectivity index (χ4v) is 2.92. The number of nitrogens with zero attached hydrogens (tertiary/aromatic N) is 2. The van der Waals surface area contributed by atoms with E-state index in [1.807, 2.05) is 18.5 Å². The molecule has 1 aromatic carbocycles. The second-order valence-corrected chi connectivity index (χ2v) is 5.78.